The molecule has 0 amide bonds. The van der Waals surface area contributed by atoms with Crippen LogP contribution in [-0.4, -0.2) is 29.3 Å². The smallest absolute Gasteiger partial charge is 0.337 e. The van der Waals surface area contributed by atoms with Crippen LogP contribution in [0.2, 0.25) is 0 Å². The van der Waals surface area contributed by atoms with Crippen LogP contribution in [0.5, 0.6) is 0 Å². The molecule has 1 fully saturated rings. The van der Waals surface area contributed by atoms with E-state index in [1.165, 1.54) is 6.07 Å². The van der Waals surface area contributed by atoms with Crippen LogP contribution in [0.15, 0.2) is 38.9 Å². The molecule has 6 heteroatoms. The molecular formula is C16H13BrFNO2S. The van der Waals surface area contributed by atoms with Crippen LogP contribution in [-0.2, 0) is 9.53 Å². The molecule has 0 saturated carbocycles. The van der Waals surface area contributed by atoms with Gasteiger partial charge in [-0.25, -0.2) is 9.18 Å². The lowest BCUT2D eigenvalue weighted by Gasteiger charge is -2.34. The number of carbonyl (C=O) groups excluding carboxylic acids is 1. The lowest BCUT2D eigenvalue weighted by molar-refractivity contribution is -0.136. The van der Waals surface area contributed by atoms with E-state index in [0.29, 0.717) is 10.0 Å². The summed E-state index contributed by atoms with van der Waals surface area (Å²) in [7, 11) is 0. The van der Waals surface area contributed by atoms with E-state index in [9.17, 15) is 9.18 Å². The van der Waals surface area contributed by atoms with Crippen LogP contribution in [0.3, 0.4) is 0 Å². The van der Waals surface area contributed by atoms with Crippen molar-refractivity contribution in [3.63, 3.8) is 0 Å². The van der Waals surface area contributed by atoms with Crippen molar-refractivity contribution in [3.05, 3.63) is 45.3 Å². The summed E-state index contributed by atoms with van der Waals surface area (Å²) < 4.78 is 19.2. The number of ether oxygens (including phenoxy) is 1. The van der Waals surface area contributed by atoms with Crippen LogP contribution in [0.4, 0.5) is 4.39 Å². The van der Waals surface area contributed by atoms with Gasteiger partial charge in [-0.2, -0.15) is 11.8 Å². The van der Waals surface area contributed by atoms with Gasteiger partial charge in [-0.05, 0) is 52.2 Å². The molecule has 3 heterocycles. The molecule has 0 radical (unpaired) electrons. The highest BCUT2D eigenvalue weighted by Crippen LogP contribution is 2.46. The van der Waals surface area contributed by atoms with Gasteiger partial charge in [-0.15, -0.1) is 0 Å². The predicted octanol–water partition coefficient (Wildman–Crippen LogP) is 3.83. The number of nitrogens with zero attached hydrogens (tertiary/aromatic N) is 1. The number of esters is 1. The number of cyclic esters (lactones) is 1. The van der Waals surface area contributed by atoms with Gasteiger partial charge in [-0.3, -0.25) is 4.99 Å². The number of carbonyl (C=O) groups is 1. The Hall–Kier alpha value is -1.14. The number of benzene rings is 1. The van der Waals surface area contributed by atoms with Gasteiger partial charge in [0.2, 0.25) is 0 Å². The van der Waals surface area contributed by atoms with Gasteiger partial charge in [0.1, 0.15) is 12.4 Å². The standard InChI is InChI=1S/C16H13BrFNO2S/c17-9-6-8(3-4-10(9)18)13-14-12(7-21-16(14)20)19-11-2-1-5-22-15(11)13/h3-4,6,13,15H,1-2,5,7H2/t13-,15?/m0/s1. The summed E-state index contributed by atoms with van der Waals surface area (Å²) in [5, 5.41) is 0.149. The van der Waals surface area contributed by atoms with Gasteiger partial charge in [0.05, 0.1) is 21.0 Å². The summed E-state index contributed by atoms with van der Waals surface area (Å²) in [6, 6.07) is 4.98. The minimum absolute atomic E-state index is 0.0975. The Bertz CT molecular complexity index is 731. The zero-order valence-corrected chi connectivity index (χ0v) is 14.0. The quantitative estimate of drug-likeness (QED) is 0.693. The lowest BCUT2D eigenvalue weighted by Crippen LogP contribution is -2.34. The topological polar surface area (TPSA) is 38.7 Å². The van der Waals surface area contributed by atoms with Crippen molar-refractivity contribution in [1.29, 1.82) is 0 Å². The molecule has 0 aliphatic carbocycles. The Kier molecular flexibility index (Phi) is 3.61. The minimum atomic E-state index is -0.298. The van der Waals surface area contributed by atoms with Gasteiger partial charge in [0.15, 0.2) is 0 Å². The zero-order chi connectivity index (χ0) is 15.3. The third-order valence-corrected chi connectivity index (χ3v) is 6.30. The lowest BCUT2D eigenvalue weighted by atomic mass is 9.82. The molecular weight excluding hydrogens is 369 g/mol. The van der Waals surface area contributed by atoms with Crippen molar-refractivity contribution in [3.8, 4) is 0 Å². The summed E-state index contributed by atoms with van der Waals surface area (Å²) >= 11 is 5.07. The molecule has 3 aliphatic rings. The Morgan fingerprint density at radius 3 is 3.09 bits per heavy atom. The first-order chi connectivity index (χ1) is 10.6. The van der Waals surface area contributed by atoms with E-state index in [1.807, 2.05) is 11.8 Å². The molecule has 1 unspecified atom stereocenters. The first-order valence-electron chi connectivity index (χ1n) is 7.19. The molecule has 0 spiro atoms. The summed E-state index contributed by atoms with van der Waals surface area (Å²) in [5.41, 5.74) is 3.48. The van der Waals surface area contributed by atoms with E-state index < -0.39 is 0 Å². The maximum Gasteiger partial charge on any atom is 0.337 e. The summed E-state index contributed by atoms with van der Waals surface area (Å²) in [6.07, 6.45) is 2.07. The van der Waals surface area contributed by atoms with E-state index in [4.69, 9.17) is 4.74 Å². The van der Waals surface area contributed by atoms with Crippen molar-refractivity contribution >= 4 is 39.4 Å². The molecule has 2 atom stereocenters. The second-order valence-corrected chi connectivity index (χ2v) is 7.69. The number of fused-ring (bicyclic) bond motifs is 1. The van der Waals surface area contributed by atoms with E-state index in [-0.39, 0.29) is 29.6 Å². The normalized spacial score (nSPS) is 27.2. The van der Waals surface area contributed by atoms with Crippen molar-refractivity contribution in [2.75, 3.05) is 12.4 Å². The van der Waals surface area contributed by atoms with Crippen molar-refractivity contribution < 1.29 is 13.9 Å². The monoisotopic (exact) mass is 381 g/mol. The Morgan fingerprint density at radius 1 is 1.41 bits per heavy atom. The average molecular weight is 382 g/mol. The highest BCUT2D eigenvalue weighted by molar-refractivity contribution is 9.10. The van der Waals surface area contributed by atoms with Crippen LogP contribution in [0.25, 0.3) is 0 Å². The number of rotatable bonds is 1. The molecule has 3 nitrogen and oxygen atoms in total. The van der Waals surface area contributed by atoms with Crippen molar-refractivity contribution in [1.82, 2.24) is 0 Å². The molecule has 22 heavy (non-hydrogen) atoms. The number of thioether (sulfide) groups is 1. The number of aliphatic imine (C=N–C) groups is 1. The van der Waals surface area contributed by atoms with Crippen LogP contribution >= 0.6 is 27.7 Å². The first kappa shape index (κ1) is 14.5. The maximum atomic E-state index is 13.6. The molecule has 1 saturated heterocycles. The van der Waals surface area contributed by atoms with E-state index in [0.717, 1.165) is 35.6 Å². The third-order valence-electron chi connectivity index (χ3n) is 4.27. The highest BCUT2D eigenvalue weighted by atomic mass is 79.9. The van der Waals surface area contributed by atoms with Gasteiger partial charge in [0.25, 0.3) is 0 Å². The van der Waals surface area contributed by atoms with Crippen molar-refractivity contribution in [2.24, 2.45) is 4.99 Å². The van der Waals surface area contributed by atoms with E-state index >= 15 is 0 Å². The first-order valence-corrected chi connectivity index (χ1v) is 9.03. The second kappa shape index (κ2) is 5.49. The van der Waals surface area contributed by atoms with Gasteiger partial charge in [0, 0.05) is 11.6 Å². The highest BCUT2D eigenvalue weighted by Gasteiger charge is 2.43. The van der Waals surface area contributed by atoms with Gasteiger partial charge >= 0.3 is 5.97 Å². The van der Waals surface area contributed by atoms with Gasteiger partial charge < -0.3 is 4.74 Å². The zero-order valence-electron chi connectivity index (χ0n) is 11.6. The largest absolute Gasteiger partial charge is 0.456 e. The Balaban J connectivity index is 1.85. The maximum absolute atomic E-state index is 13.6. The summed E-state index contributed by atoms with van der Waals surface area (Å²) in [4.78, 5) is 16.8. The molecule has 4 rings (SSSR count). The Labute approximate surface area is 140 Å². The molecule has 1 aromatic rings. The van der Waals surface area contributed by atoms with Crippen LogP contribution in [0, 0.1) is 5.82 Å². The molecule has 0 bridgehead atoms. The number of hydrogen-bond acceptors (Lipinski definition) is 4. The number of halogens is 2. The third kappa shape index (κ3) is 2.24. The molecule has 1 aromatic carbocycles. The van der Waals surface area contributed by atoms with E-state index in [2.05, 4.69) is 20.9 Å². The van der Waals surface area contributed by atoms with Gasteiger partial charge in [-0.1, -0.05) is 6.07 Å². The molecule has 3 aliphatic heterocycles. The fraction of sp³-hybridized carbons (Fsp3) is 0.375. The SMILES string of the molecule is O=C1OCC2=C1[C@H](c1ccc(F)c(Br)c1)C1SCCCC1=N2. The fourth-order valence-corrected chi connectivity index (χ4v) is 5.10. The van der Waals surface area contributed by atoms with E-state index in [1.54, 1.807) is 12.1 Å². The molecule has 0 N–H and O–H groups in total. The summed E-state index contributed by atoms with van der Waals surface area (Å²) in [6.45, 7) is 0.258. The Morgan fingerprint density at radius 2 is 2.27 bits per heavy atom. The number of hydrogen-bond donors (Lipinski definition) is 0. The van der Waals surface area contributed by atoms with Crippen LogP contribution in [0.1, 0.15) is 24.3 Å². The molecule has 114 valence electrons. The summed E-state index contributed by atoms with van der Waals surface area (Å²) in [5.74, 6) is 0.377. The predicted molar refractivity (Wildman–Crippen MR) is 87.7 cm³/mol. The molecule has 0 aromatic heterocycles. The minimum Gasteiger partial charge on any atom is -0.456 e. The fourth-order valence-electron chi connectivity index (χ4n) is 3.29. The van der Waals surface area contributed by atoms with Crippen LogP contribution < -0.4 is 0 Å². The average Bonchev–Trinajstić information content (AvgIpc) is 2.89. The van der Waals surface area contributed by atoms with Crippen molar-refractivity contribution in [2.45, 2.75) is 24.0 Å². The second-order valence-electron chi connectivity index (χ2n) is 5.59.